The van der Waals surface area contributed by atoms with E-state index in [1.165, 1.54) is 17.4 Å². The summed E-state index contributed by atoms with van der Waals surface area (Å²) in [5, 5.41) is 9.90. The first kappa shape index (κ1) is 18.6. The molecule has 4 rings (SSSR count). The Morgan fingerprint density at radius 3 is 2.89 bits per heavy atom. The Kier molecular flexibility index (Phi) is 5.34. The Morgan fingerprint density at radius 2 is 2.07 bits per heavy atom. The average Bonchev–Trinajstić information content (AvgIpc) is 3.24. The van der Waals surface area contributed by atoms with Crippen LogP contribution >= 0.6 is 11.3 Å². The van der Waals surface area contributed by atoms with E-state index in [-0.39, 0.29) is 17.6 Å². The molecular weight excluding hydrogens is 377 g/mol. The first-order valence-corrected chi connectivity index (χ1v) is 9.99. The molecule has 0 saturated carbocycles. The molecule has 1 aliphatic rings. The fourth-order valence-electron chi connectivity index (χ4n) is 3.44. The van der Waals surface area contributed by atoms with Crippen LogP contribution in [0.25, 0.3) is 10.6 Å². The van der Waals surface area contributed by atoms with Gasteiger partial charge in [0.05, 0.1) is 7.11 Å². The van der Waals surface area contributed by atoms with Crippen LogP contribution in [-0.4, -0.2) is 41.2 Å². The molecule has 1 atom stereocenters. The molecule has 0 spiro atoms. The summed E-state index contributed by atoms with van der Waals surface area (Å²) >= 11 is 1.40. The van der Waals surface area contributed by atoms with Crippen LogP contribution < -0.4 is 4.74 Å². The van der Waals surface area contributed by atoms with Crippen LogP contribution in [0.5, 0.6) is 5.75 Å². The molecule has 0 N–H and O–H groups in total. The number of hydrogen-bond donors (Lipinski definition) is 0. The number of amides is 1. The number of ether oxygens (including phenoxy) is 1. The molecule has 0 radical (unpaired) electrons. The van der Waals surface area contributed by atoms with E-state index in [2.05, 4.69) is 10.2 Å². The van der Waals surface area contributed by atoms with Crippen LogP contribution in [0.15, 0.2) is 48.5 Å². The summed E-state index contributed by atoms with van der Waals surface area (Å²) in [6.07, 6.45) is 1.84. The van der Waals surface area contributed by atoms with Crippen molar-refractivity contribution in [3.8, 4) is 16.3 Å². The van der Waals surface area contributed by atoms with Crippen LogP contribution in [-0.2, 0) is 0 Å². The van der Waals surface area contributed by atoms with E-state index in [0.29, 0.717) is 35.0 Å². The number of hydrogen-bond acceptors (Lipinski definition) is 5. The Balaban J connectivity index is 1.51. The molecule has 7 heteroatoms. The fraction of sp³-hybridized carbons (Fsp3) is 0.286. The summed E-state index contributed by atoms with van der Waals surface area (Å²) in [7, 11) is 1.59. The van der Waals surface area contributed by atoms with Gasteiger partial charge in [0.2, 0.25) is 0 Å². The van der Waals surface area contributed by atoms with Crippen LogP contribution in [0, 0.1) is 5.82 Å². The molecule has 0 aliphatic carbocycles. The van der Waals surface area contributed by atoms with Gasteiger partial charge >= 0.3 is 0 Å². The topological polar surface area (TPSA) is 55.3 Å². The van der Waals surface area contributed by atoms with Crippen molar-refractivity contribution >= 4 is 17.2 Å². The highest BCUT2D eigenvalue weighted by Gasteiger charge is 2.28. The smallest absolute Gasteiger partial charge is 0.254 e. The Morgan fingerprint density at radius 1 is 1.21 bits per heavy atom. The lowest BCUT2D eigenvalue weighted by Gasteiger charge is -2.31. The highest BCUT2D eigenvalue weighted by Crippen LogP contribution is 2.34. The summed E-state index contributed by atoms with van der Waals surface area (Å²) in [5.74, 6) is 0.463. The minimum atomic E-state index is -0.302. The second kappa shape index (κ2) is 8.06. The summed E-state index contributed by atoms with van der Waals surface area (Å²) in [6.45, 7) is 1.30. The van der Waals surface area contributed by atoms with Gasteiger partial charge in [0, 0.05) is 30.1 Å². The lowest BCUT2D eigenvalue weighted by molar-refractivity contribution is 0.0706. The first-order chi connectivity index (χ1) is 13.7. The second-order valence-corrected chi connectivity index (χ2v) is 7.76. The van der Waals surface area contributed by atoms with Crippen molar-refractivity contribution in [3.05, 3.63) is 64.9 Å². The molecule has 0 bridgehead atoms. The van der Waals surface area contributed by atoms with Gasteiger partial charge in [-0.05, 0) is 43.2 Å². The summed E-state index contributed by atoms with van der Waals surface area (Å²) < 4.78 is 19.2. The molecular formula is C21H20FN3O2S. The number of carbonyl (C=O) groups is 1. The van der Waals surface area contributed by atoms with Crippen molar-refractivity contribution < 1.29 is 13.9 Å². The van der Waals surface area contributed by atoms with Crippen LogP contribution in [0.2, 0.25) is 0 Å². The lowest BCUT2D eigenvalue weighted by atomic mass is 9.98. The third-order valence-electron chi connectivity index (χ3n) is 4.92. The number of aromatic nitrogens is 2. The average molecular weight is 397 g/mol. The lowest BCUT2D eigenvalue weighted by Crippen LogP contribution is -2.39. The van der Waals surface area contributed by atoms with Crippen LogP contribution in [0.4, 0.5) is 4.39 Å². The van der Waals surface area contributed by atoms with E-state index in [1.54, 1.807) is 37.4 Å². The van der Waals surface area contributed by atoms with Gasteiger partial charge in [-0.15, -0.1) is 10.2 Å². The van der Waals surface area contributed by atoms with Gasteiger partial charge < -0.3 is 9.64 Å². The van der Waals surface area contributed by atoms with Crippen molar-refractivity contribution in [3.63, 3.8) is 0 Å². The van der Waals surface area contributed by atoms with Crippen molar-refractivity contribution in [1.82, 2.24) is 15.1 Å². The number of benzene rings is 2. The molecule has 5 nitrogen and oxygen atoms in total. The zero-order valence-corrected chi connectivity index (χ0v) is 16.3. The molecule has 1 aromatic heterocycles. The number of methoxy groups -OCH3 is 1. The standard InChI is InChI=1S/C21H20FN3O2S/c1-27-16-8-4-6-14(12-16)21(26)25-11-5-7-15(13-25)19-23-24-20(28-19)17-9-2-3-10-18(17)22/h2-4,6,8-10,12,15H,5,7,11,13H2,1H3. The molecule has 2 heterocycles. The Bertz CT molecular complexity index is 991. The number of carbonyl (C=O) groups excluding carboxylic acids is 1. The van der Waals surface area contributed by atoms with Gasteiger partial charge in [-0.1, -0.05) is 29.5 Å². The van der Waals surface area contributed by atoms with Crippen molar-refractivity contribution in [2.24, 2.45) is 0 Å². The molecule has 28 heavy (non-hydrogen) atoms. The SMILES string of the molecule is COc1cccc(C(=O)N2CCCC(c3nnc(-c4ccccc4F)s3)C2)c1. The van der Waals surface area contributed by atoms with Crippen LogP contribution in [0.3, 0.4) is 0 Å². The molecule has 2 aromatic carbocycles. The summed E-state index contributed by atoms with van der Waals surface area (Å²) in [5.41, 5.74) is 1.08. The maximum Gasteiger partial charge on any atom is 0.254 e. The van der Waals surface area contributed by atoms with E-state index in [9.17, 15) is 9.18 Å². The molecule has 144 valence electrons. The Labute approximate surface area is 166 Å². The second-order valence-electron chi connectivity index (χ2n) is 6.75. The predicted octanol–water partition coefficient (Wildman–Crippen LogP) is 4.37. The summed E-state index contributed by atoms with van der Waals surface area (Å²) in [6, 6.07) is 13.8. The fourth-order valence-corrected chi connectivity index (χ4v) is 4.44. The quantitative estimate of drug-likeness (QED) is 0.656. The summed E-state index contributed by atoms with van der Waals surface area (Å²) in [4.78, 5) is 14.8. The maximum atomic E-state index is 14.0. The van der Waals surface area contributed by atoms with E-state index in [0.717, 1.165) is 17.8 Å². The molecule has 1 fully saturated rings. The van der Waals surface area contributed by atoms with Gasteiger partial charge in [0.15, 0.2) is 5.01 Å². The monoisotopic (exact) mass is 397 g/mol. The van der Waals surface area contributed by atoms with Gasteiger partial charge in [0.25, 0.3) is 5.91 Å². The van der Waals surface area contributed by atoms with Gasteiger partial charge in [-0.2, -0.15) is 0 Å². The molecule has 1 aliphatic heterocycles. The molecule has 1 amide bonds. The van der Waals surface area contributed by atoms with E-state index >= 15 is 0 Å². The third-order valence-corrected chi connectivity index (χ3v) is 6.04. The maximum absolute atomic E-state index is 14.0. The van der Waals surface area contributed by atoms with E-state index in [1.807, 2.05) is 17.0 Å². The minimum Gasteiger partial charge on any atom is -0.497 e. The number of rotatable bonds is 4. The Hall–Kier alpha value is -2.80. The van der Waals surface area contributed by atoms with Crippen molar-refractivity contribution in [2.75, 3.05) is 20.2 Å². The number of nitrogens with zero attached hydrogens (tertiary/aromatic N) is 3. The molecule has 3 aromatic rings. The zero-order valence-electron chi connectivity index (χ0n) is 15.5. The predicted molar refractivity (Wildman–Crippen MR) is 106 cm³/mol. The highest BCUT2D eigenvalue weighted by atomic mass is 32.1. The first-order valence-electron chi connectivity index (χ1n) is 9.17. The van der Waals surface area contributed by atoms with Gasteiger partial charge in [0.1, 0.15) is 16.6 Å². The normalized spacial score (nSPS) is 16.8. The number of likely N-dealkylation sites (tertiary alicyclic amines) is 1. The number of halogens is 1. The van der Waals surface area contributed by atoms with Gasteiger partial charge in [-0.25, -0.2) is 4.39 Å². The van der Waals surface area contributed by atoms with Crippen molar-refractivity contribution in [2.45, 2.75) is 18.8 Å². The van der Waals surface area contributed by atoms with Gasteiger partial charge in [-0.3, -0.25) is 4.79 Å². The van der Waals surface area contributed by atoms with Crippen LogP contribution in [0.1, 0.15) is 34.1 Å². The van der Waals surface area contributed by atoms with E-state index in [4.69, 9.17) is 4.74 Å². The molecule has 1 saturated heterocycles. The van der Waals surface area contributed by atoms with Crippen molar-refractivity contribution in [1.29, 1.82) is 0 Å². The highest BCUT2D eigenvalue weighted by molar-refractivity contribution is 7.14. The zero-order chi connectivity index (χ0) is 19.5. The van der Waals surface area contributed by atoms with E-state index < -0.39 is 0 Å². The molecule has 1 unspecified atom stereocenters. The third kappa shape index (κ3) is 3.75. The largest absolute Gasteiger partial charge is 0.497 e. The number of piperidine rings is 1. The minimum absolute atomic E-state index is 0.0116.